The highest BCUT2D eigenvalue weighted by Gasteiger charge is 2.07. The van der Waals surface area contributed by atoms with E-state index in [9.17, 15) is 4.39 Å². The molecule has 1 heterocycles. The summed E-state index contributed by atoms with van der Waals surface area (Å²) >= 11 is 0. The Kier molecular flexibility index (Phi) is 4.10. The Balaban J connectivity index is 1.86. The summed E-state index contributed by atoms with van der Waals surface area (Å²) in [5, 5.41) is 4.12. The molecule has 0 aliphatic carbocycles. The lowest BCUT2D eigenvalue weighted by Crippen LogP contribution is -2.24. The maximum Gasteiger partial charge on any atom is 0.123 e. The Morgan fingerprint density at radius 1 is 1.39 bits per heavy atom. The number of rotatable bonds is 5. The lowest BCUT2D eigenvalue weighted by molar-refractivity contribution is 0.581. The van der Waals surface area contributed by atoms with Crippen molar-refractivity contribution in [3.05, 3.63) is 53.6 Å². The molecule has 0 bridgehead atoms. The molecule has 96 valence electrons. The Hall–Kier alpha value is -1.68. The number of aryl methyl sites for hydroxylation is 2. The molecule has 2 N–H and O–H groups in total. The van der Waals surface area contributed by atoms with Gasteiger partial charge in [0, 0.05) is 25.0 Å². The molecule has 0 fully saturated rings. The van der Waals surface area contributed by atoms with Gasteiger partial charge >= 0.3 is 0 Å². The molecule has 1 atom stereocenters. The third-order valence-electron chi connectivity index (χ3n) is 3.08. The van der Waals surface area contributed by atoms with Crippen molar-refractivity contribution in [1.29, 1.82) is 0 Å². The van der Waals surface area contributed by atoms with Crippen LogP contribution in [0, 0.1) is 5.82 Å². The lowest BCUT2D eigenvalue weighted by Gasteiger charge is -2.11. The Morgan fingerprint density at radius 3 is 2.89 bits per heavy atom. The van der Waals surface area contributed by atoms with Gasteiger partial charge in [-0.15, -0.1) is 0 Å². The van der Waals surface area contributed by atoms with E-state index in [-0.39, 0.29) is 11.9 Å². The first-order valence-corrected chi connectivity index (χ1v) is 6.12. The van der Waals surface area contributed by atoms with E-state index in [4.69, 9.17) is 5.73 Å². The predicted octanol–water partition coefficient (Wildman–Crippen LogP) is 2.06. The molecule has 0 spiro atoms. The van der Waals surface area contributed by atoms with E-state index < -0.39 is 0 Å². The van der Waals surface area contributed by atoms with Crippen LogP contribution in [-0.4, -0.2) is 15.8 Å². The first-order chi connectivity index (χ1) is 8.65. The van der Waals surface area contributed by atoms with Gasteiger partial charge in [-0.2, -0.15) is 5.10 Å². The Bertz CT molecular complexity index is 507. The van der Waals surface area contributed by atoms with Crippen molar-refractivity contribution in [1.82, 2.24) is 9.78 Å². The highest BCUT2D eigenvalue weighted by atomic mass is 19.1. The van der Waals surface area contributed by atoms with Crippen molar-refractivity contribution in [3.63, 3.8) is 0 Å². The van der Waals surface area contributed by atoms with E-state index in [0.717, 1.165) is 18.4 Å². The molecule has 3 nitrogen and oxygen atoms in total. The molecule has 1 unspecified atom stereocenters. The number of hydrogen-bond donors (Lipinski definition) is 1. The minimum Gasteiger partial charge on any atom is -0.327 e. The molecule has 1 aromatic heterocycles. The molecule has 1 aromatic carbocycles. The molecule has 18 heavy (non-hydrogen) atoms. The second-order valence-electron chi connectivity index (χ2n) is 4.58. The molecule has 0 aliphatic rings. The number of halogens is 1. The lowest BCUT2D eigenvalue weighted by atomic mass is 10.0. The van der Waals surface area contributed by atoms with Crippen LogP contribution >= 0.6 is 0 Å². The average Bonchev–Trinajstić information content (AvgIpc) is 2.72. The zero-order valence-corrected chi connectivity index (χ0v) is 10.5. The van der Waals surface area contributed by atoms with E-state index in [2.05, 4.69) is 5.10 Å². The molecule has 0 saturated heterocycles. The maximum absolute atomic E-state index is 13.0. The zero-order chi connectivity index (χ0) is 13.0. The van der Waals surface area contributed by atoms with Gasteiger partial charge in [-0.1, -0.05) is 12.1 Å². The van der Waals surface area contributed by atoms with Crippen LogP contribution in [0.3, 0.4) is 0 Å². The number of hydrogen-bond acceptors (Lipinski definition) is 2. The summed E-state index contributed by atoms with van der Waals surface area (Å²) in [7, 11) is 1.92. The molecule has 0 aliphatic heterocycles. The van der Waals surface area contributed by atoms with Crippen LogP contribution in [0.4, 0.5) is 4.39 Å². The monoisotopic (exact) mass is 247 g/mol. The van der Waals surface area contributed by atoms with Crippen LogP contribution < -0.4 is 5.73 Å². The SMILES string of the molecule is Cn1nccc1CCC(N)Cc1cccc(F)c1. The summed E-state index contributed by atoms with van der Waals surface area (Å²) in [5.74, 6) is -0.202. The highest BCUT2D eigenvalue weighted by molar-refractivity contribution is 5.17. The van der Waals surface area contributed by atoms with Gasteiger partial charge in [0.1, 0.15) is 5.82 Å². The minimum atomic E-state index is -0.202. The van der Waals surface area contributed by atoms with E-state index in [0.29, 0.717) is 6.42 Å². The van der Waals surface area contributed by atoms with Crippen LogP contribution in [0.5, 0.6) is 0 Å². The van der Waals surface area contributed by atoms with Gasteiger partial charge in [0.25, 0.3) is 0 Å². The van der Waals surface area contributed by atoms with E-state index >= 15 is 0 Å². The van der Waals surface area contributed by atoms with Crippen LogP contribution in [-0.2, 0) is 19.9 Å². The number of aromatic nitrogens is 2. The third-order valence-corrected chi connectivity index (χ3v) is 3.08. The van der Waals surface area contributed by atoms with Gasteiger partial charge in [-0.05, 0) is 43.0 Å². The maximum atomic E-state index is 13.0. The smallest absolute Gasteiger partial charge is 0.123 e. The molecule has 4 heteroatoms. The number of benzene rings is 1. The van der Waals surface area contributed by atoms with Crippen molar-refractivity contribution in [2.75, 3.05) is 0 Å². The molecular formula is C14H18FN3. The van der Waals surface area contributed by atoms with Gasteiger partial charge in [-0.25, -0.2) is 4.39 Å². The van der Waals surface area contributed by atoms with Gasteiger partial charge < -0.3 is 5.73 Å². The Morgan fingerprint density at radius 2 is 2.22 bits per heavy atom. The topological polar surface area (TPSA) is 43.8 Å². The van der Waals surface area contributed by atoms with Gasteiger partial charge in [0.15, 0.2) is 0 Å². The van der Waals surface area contributed by atoms with Gasteiger partial charge in [0.05, 0.1) is 0 Å². The zero-order valence-electron chi connectivity index (χ0n) is 10.5. The summed E-state index contributed by atoms with van der Waals surface area (Å²) in [4.78, 5) is 0. The number of nitrogens with two attached hydrogens (primary N) is 1. The van der Waals surface area contributed by atoms with Crippen molar-refractivity contribution < 1.29 is 4.39 Å². The normalized spacial score (nSPS) is 12.6. The van der Waals surface area contributed by atoms with E-state index in [1.165, 1.54) is 11.8 Å². The molecule has 0 saturated carbocycles. The fraction of sp³-hybridized carbons (Fsp3) is 0.357. The van der Waals surface area contributed by atoms with Crippen LogP contribution in [0.1, 0.15) is 17.7 Å². The molecule has 0 amide bonds. The highest BCUT2D eigenvalue weighted by Crippen LogP contribution is 2.09. The van der Waals surface area contributed by atoms with E-state index in [1.807, 2.05) is 23.9 Å². The summed E-state index contributed by atoms with van der Waals surface area (Å²) in [5.41, 5.74) is 8.19. The number of nitrogens with zero attached hydrogens (tertiary/aromatic N) is 2. The quantitative estimate of drug-likeness (QED) is 0.879. The predicted molar refractivity (Wildman–Crippen MR) is 69.6 cm³/mol. The molecule has 0 radical (unpaired) electrons. The summed E-state index contributed by atoms with van der Waals surface area (Å²) in [6, 6.07) is 8.66. The van der Waals surface area contributed by atoms with Gasteiger partial charge in [0.2, 0.25) is 0 Å². The molecular weight excluding hydrogens is 229 g/mol. The summed E-state index contributed by atoms with van der Waals surface area (Å²) in [6.07, 6.45) is 4.26. The standard InChI is InChI=1S/C14H18FN3/c1-18-14(7-8-17-18)6-5-13(16)10-11-3-2-4-12(15)9-11/h2-4,7-9,13H,5-6,10,16H2,1H3. The minimum absolute atomic E-state index is 0.0432. The van der Waals surface area contributed by atoms with Crippen LogP contribution in [0.15, 0.2) is 36.5 Å². The second kappa shape index (κ2) is 5.78. The molecule has 2 aromatic rings. The Labute approximate surface area is 106 Å². The molecule has 2 rings (SSSR count). The fourth-order valence-electron chi connectivity index (χ4n) is 2.05. The first kappa shape index (κ1) is 12.8. The van der Waals surface area contributed by atoms with E-state index in [1.54, 1.807) is 18.3 Å². The summed E-state index contributed by atoms with van der Waals surface area (Å²) in [6.45, 7) is 0. The average molecular weight is 247 g/mol. The van der Waals surface area contributed by atoms with Crippen molar-refractivity contribution >= 4 is 0 Å². The van der Waals surface area contributed by atoms with Crippen molar-refractivity contribution in [3.8, 4) is 0 Å². The fourth-order valence-corrected chi connectivity index (χ4v) is 2.05. The summed E-state index contributed by atoms with van der Waals surface area (Å²) < 4.78 is 14.9. The third kappa shape index (κ3) is 3.40. The van der Waals surface area contributed by atoms with Crippen LogP contribution in [0.2, 0.25) is 0 Å². The van der Waals surface area contributed by atoms with Crippen molar-refractivity contribution in [2.45, 2.75) is 25.3 Å². The van der Waals surface area contributed by atoms with Gasteiger partial charge in [-0.3, -0.25) is 4.68 Å². The van der Waals surface area contributed by atoms with Crippen LogP contribution in [0.25, 0.3) is 0 Å². The van der Waals surface area contributed by atoms with Crippen molar-refractivity contribution in [2.24, 2.45) is 12.8 Å². The largest absolute Gasteiger partial charge is 0.327 e. The first-order valence-electron chi connectivity index (χ1n) is 6.12. The second-order valence-corrected chi connectivity index (χ2v) is 4.58.